The molecule has 1 aromatic carbocycles. The molecule has 0 saturated carbocycles. The number of hydrogen-bond donors (Lipinski definition) is 0. The normalized spacial score (nSPS) is 12.5. The van der Waals surface area contributed by atoms with Crippen LogP contribution < -0.4 is 0 Å². The molecular formula is C15H20N2O6. The lowest BCUT2D eigenvalue weighted by Crippen LogP contribution is -2.26. The number of carbonyl (C=O) groups excluding carboxylic acids is 1. The molecule has 0 aromatic heterocycles. The van der Waals surface area contributed by atoms with E-state index in [0.717, 1.165) is 0 Å². The van der Waals surface area contributed by atoms with E-state index in [4.69, 9.17) is 4.74 Å². The van der Waals surface area contributed by atoms with Gasteiger partial charge < -0.3 is 4.74 Å². The van der Waals surface area contributed by atoms with Crippen LogP contribution in [0.2, 0.25) is 0 Å². The van der Waals surface area contributed by atoms with E-state index in [1.54, 1.807) is 27.7 Å². The summed E-state index contributed by atoms with van der Waals surface area (Å²) < 4.78 is 5.19. The van der Waals surface area contributed by atoms with Gasteiger partial charge in [0.1, 0.15) is 5.60 Å². The van der Waals surface area contributed by atoms with Gasteiger partial charge in [0.15, 0.2) is 0 Å². The summed E-state index contributed by atoms with van der Waals surface area (Å²) >= 11 is 0. The van der Waals surface area contributed by atoms with Crippen LogP contribution in [-0.2, 0) is 9.53 Å². The molecule has 0 amide bonds. The minimum atomic E-state index is -0.778. The zero-order valence-corrected chi connectivity index (χ0v) is 13.6. The van der Waals surface area contributed by atoms with Gasteiger partial charge in [-0.25, -0.2) is 0 Å². The highest BCUT2D eigenvalue weighted by Crippen LogP contribution is 2.28. The average Bonchev–Trinajstić information content (AvgIpc) is 2.35. The summed E-state index contributed by atoms with van der Waals surface area (Å²) in [5, 5.41) is 21.8. The molecule has 0 bridgehead atoms. The van der Waals surface area contributed by atoms with Crippen molar-refractivity contribution in [2.24, 2.45) is 0 Å². The fourth-order valence-corrected chi connectivity index (χ4v) is 2.22. The number of benzene rings is 1. The average molecular weight is 324 g/mol. The van der Waals surface area contributed by atoms with Crippen molar-refractivity contribution in [1.29, 1.82) is 0 Å². The van der Waals surface area contributed by atoms with E-state index in [1.807, 2.05) is 0 Å². The Morgan fingerprint density at radius 3 is 2.35 bits per heavy atom. The maximum Gasteiger partial charge on any atom is 0.307 e. The number of carbonyl (C=O) groups is 1. The summed E-state index contributed by atoms with van der Waals surface area (Å²) in [4.78, 5) is 32.7. The van der Waals surface area contributed by atoms with Gasteiger partial charge in [-0.1, -0.05) is 6.07 Å². The summed E-state index contributed by atoms with van der Waals surface area (Å²) in [6, 6.07) is 4.14. The van der Waals surface area contributed by atoms with Crippen LogP contribution >= 0.6 is 0 Å². The number of ether oxygens (including phenoxy) is 1. The molecule has 0 aliphatic heterocycles. The lowest BCUT2D eigenvalue weighted by molar-refractivity contribution is -0.483. The van der Waals surface area contributed by atoms with Gasteiger partial charge in [-0.2, -0.15) is 0 Å². The first-order valence-corrected chi connectivity index (χ1v) is 7.08. The summed E-state index contributed by atoms with van der Waals surface area (Å²) in [6.45, 7) is 6.30. The maximum absolute atomic E-state index is 12.0. The van der Waals surface area contributed by atoms with Gasteiger partial charge in [0.2, 0.25) is 6.54 Å². The number of esters is 1. The maximum atomic E-state index is 12.0. The number of nitrogens with zero attached hydrogens (tertiary/aromatic N) is 2. The second-order valence-corrected chi connectivity index (χ2v) is 6.30. The zero-order chi connectivity index (χ0) is 17.8. The molecule has 8 heteroatoms. The SMILES string of the molecule is Cc1ccc([N+](=O)[O-])cc1C(CC(=O)OC(C)(C)C)C[N+](=O)[O-]. The predicted octanol–water partition coefficient (Wildman–Crippen LogP) is 3.00. The van der Waals surface area contributed by atoms with E-state index in [2.05, 4.69) is 0 Å². The third-order valence-electron chi connectivity index (χ3n) is 3.12. The Bertz CT molecular complexity index is 621. The highest BCUT2D eigenvalue weighted by atomic mass is 16.6. The molecule has 1 atom stereocenters. The minimum Gasteiger partial charge on any atom is -0.460 e. The molecule has 0 fully saturated rings. The Balaban J connectivity index is 3.11. The van der Waals surface area contributed by atoms with Gasteiger partial charge >= 0.3 is 5.97 Å². The van der Waals surface area contributed by atoms with Gasteiger partial charge in [0.25, 0.3) is 5.69 Å². The van der Waals surface area contributed by atoms with E-state index in [0.29, 0.717) is 11.1 Å². The van der Waals surface area contributed by atoms with Crippen molar-refractivity contribution in [3.8, 4) is 0 Å². The molecule has 0 aliphatic carbocycles. The van der Waals surface area contributed by atoms with E-state index >= 15 is 0 Å². The Labute approximate surface area is 133 Å². The summed E-state index contributed by atoms with van der Waals surface area (Å²) in [5.41, 5.74) is 0.212. The van der Waals surface area contributed by atoms with Gasteiger partial charge in [-0.3, -0.25) is 25.0 Å². The molecule has 0 aliphatic rings. The van der Waals surface area contributed by atoms with Crippen LogP contribution in [-0.4, -0.2) is 28.0 Å². The zero-order valence-electron chi connectivity index (χ0n) is 13.6. The van der Waals surface area contributed by atoms with Gasteiger partial charge in [0, 0.05) is 17.1 Å². The number of nitro groups is 2. The fraction of sp³-hybridized carbons (Fsp3) is 0.533. The van der Waals surface area contributed by atoms with Crippen LogP contribution in [0.15, 0.2) is 18.2 Å². The van der Waals surface area contributed by atoms with Crippen LogP contribution in [0, 0.1) is 27.2 Å². The molecule has 0 radical (unpaired) electrons. The van der Waals surface area contributed by atoms with Crippen molar-refractivity contribution in [2.75, 3.05) is 6.54 Å². The first-order valence-electron chi connectivity index (χ1n) is 7.08. The van der Waals surface area contributed by atoms with E-state index in [9.17, 15) is 25.0 Å². The van der Waals surface area contributed by atoms with E-state index in [1.165, 1.54) is 18.2 Å². The molecule has 0 saturated heterocycles. The lowest BCUT2D eigenvalue weighted by Gasteiger charge is -2.21. The fourth-order valence-electron chi connectivity index (χ4n) is 2.22. The minimum absolute atomic E-state index is 0.164. The second kappa shape index (κ2) is 7.17. The number of aryl methyl sites for hydroxylation is 1. The summed E-state index contributed by atoms with van der Waals surface area (Å²) in [6.07, 6.45) is -0.208. The Hall–Kier alpha value is -2.51. The molecule has 0 spiro atoms. The molecular weight excluding hydrogens is 304 g/mol. The molecule has 0 heterocycles. The number of nitro benzene ring substituents is 1. The van der Waals surface area contributed by atoms with E-state index in [-0.39, 0.29) is 12.1 Å². The van der Waals surface area contributed by atoms with Crippen molar-refractivity contribution in [3.63, 3.8) is 0 Å². The Morgan fingerprint density at radius 2 is 1.87 bits per heavy atom. The van der Waals surface area contributed by atoms with Crippen LogP contribution in [0.1, 0.15) is 44.2 Å². The largest absolute Gasteiger partial charge is 0.460 e. The molecule has 1 rings (SSSR count). The quantitative estimate of drug-likeness (QED) is 0.451. The second-order valence-electron chi connectivity index (χ2n) is 6.30. The molecule has 8 nitrogen and oxygen atoms in total. The first kappa shape index (κ1) is 18.5. The lowest BCUT2D eigenvalue weighted by atomic mass is 9.91. The highest BCUT2D eigenvalue weighted by Gasteiger charge is 2.27. The first-order chi connectivity index (χ1) is 10.5. The molecule has 1 aromatic rings. The molecule has 1 unspecified atom stereocenters. The molecule has 23 heavy (non-hydrogen) atoms. The van der Waals surface area contributed by atoms with Crippen molar-refractivity contribution >= 4 is 11.7 Å². The van der Waals surface area contributed by atoms with E-state index < -0.39 is 33.9 Å². The third-order valence-corrected chi connectivity index (χ3v) is 3.12. The van der Waals surface area contributed by atoms with Crippen LogP contribution in [0.25, 0.3) is 0 Å². The van der Waals surface area contributed by atoms with Crippen LogP contribution in [0.3, 0.4) is 0 Å². The van der Waals surface area contributed by atoms with Crippen molar-refractivity contribution < 1.29 is 19.4 Å². The molecule has 0 N–H and O–H groups in total. The topological polar surface area (TPSA) is 113 Å². The number of non-ortho nitro benzene ring substituents is 1. The molecule has 126 valence electrons. The van der Waals surface area contributed by atoms with Gasteiger partial charge in [-0.15, -0.1) is 0 Å². The van der Waals surface area contributed by atoms with Gasteiger partial charge in [-0.05, 0) is 38.8 Å². The monoisotopic (exact) mass is 324 g/mol. The highest BCUT2D eigenvalue weighted by molar-refractivity contribution is 5.71. The van der Waals surface area contributed by atoms with Crippen molar-refractivity contribution in [3.05, 3.63) is 49.6 Å². The standard InChI is InChI=1S/C15H20N2O6/c1-10-5-6-12(17(21)22)8-13(10)11(9-16(19)20)7-14(18)23-15(2,3)4/h5-6,8,11H,7,9H2,1-4H3. The van der Waals surface area contributed by atoms with Crippen LogP contribution in [0.5, 0.6) is 0 Å². The number of hydrogen-bond acceptors (Lipinski definition) is 6. The predicted molar refractivity (Wildman–Crippen MR) is 82.9 cm³/mol. The summed E-state index contributed by atoms with van der Waals surface area (Å²) in [7, 11) is 0. The van der Waals surface area contributed by atoms with Gasteiger partial charge in [0.05, 0.1) is 17.3 Å². The Morgan fingerprint density at radius 1 is 1.26 bits per heavy atom. The van der Waals surface area contributed by atoms with Crippen LogP contribution in [0.4, 0.5) is 5.69 Å². The van der Waals surface area contributed by atoms with Crippen molar-refractivity contribution in [1.82, 2.24) is 0 Å². The third kappa shape index (κ3) is 6.01. The number of rotatable bonds is 6. The Kier molecular flexibility index (Phi) is 5.78. The smallest absolute Gasteiger partial charge is 0.307 e. The summed E-state index contributed by atoms with van der Waals surface area (Å²) in [5.74, 6) is -1.35. The van der Waals surface area contributed by atoms with Crippen molar-refractivity contribution in [2.45, 2.75) is 45.6 Å².